The molecule has 0 radical (unpaired) electrons. The molecule has 0 N–H and O–H groups in total. The summed E-state index contributed by atoms with van der Waals surface area (Å²) in [5, 5.41) is 9.15. The monoisotopic (exact) mass is 373 g/mol. The lowest BCUT2D eigenvalue weighted by atomic mass is 10.1. The summed E-state index contributed by atoms with van der Waals surface area (Å²) in [6.07, 6.45) is 2.14. The van der Waals surface area contributed by atoms with Crippen molar-refractivity contribution in [2.75, 3.05) is 20.3 Å². The molecule has 144 valence electrons. The summed E-state index contributed by atoms with van der Waals surface area (Å²) >= 11 is 0. The van der Waals surface area contributed by atoms with E-state index in [0.717, 1.165) is 31.7 Å². The fourth-order valence-electron chi connectivity index (χ4n) is 3.30. The second-order valence-corrected chi connectivity index (χ2v) is 7.13. The Bertz CT molecular complexity index is 922. The Morgan fingerprint density at radius 2 is 1.82 bits per heavy atom. The maximum absolute atomic E-state index is 9.15. The number of aromatic nitrogens is 1. The van der Waals surface area contributed by atoms with Crippen molar-refractivity contribution >= 4 is 0 Å². The third-order valence-electron chi connectivity index (χ3n) is 4.86. The Morgan fingerprint density at radius 3 is 2.57 bits per heavy atom. The summed E-state index contributed by atoms with van der Waals surface area (Å²) in [5.74, 6) is 0. The van der Waals surface area contributed by atoms with Crippen LogP contribution in [-0.2, 0) is 24.4 Å². The second-order valence-electron chi connectivity index (χ2n) is 7.13. The highest BCUT2D eigenvalue weighted by Gasteiger charge is 2.11. The number of ether oxygens (including phenoxy) is 1. The molecule has 0 saturated carbocycles. The van der Waals surface area contributed by atoms with Crippen molar-refractivity contribution in [2.45, 2.75) is 26.6 Å². The quantitative estimate of drug-likeness (QED) is 0.559. The van der Waals surface area contributed by atoms with E-state index < -0.39 is 0 Å². The van der Waals surface area contributed by atoms with Gasteiger partial charge in [-0.25, -0.2) is 0 Å². The van der Waals surface area contributed by atoms with E-state index in [9.17, 15) is 0 Å². The smallest absolute Gasteiger partial charge is 0.0991 e. The van der Waals surface area contributed by atoms with Gasteiger partial charge >= 0.3 is 0 Å². The molecular formula is C24H27N3O. The van der Waals surface area contributed by atoms with Gasteiger partial charge in [0.05, 0.1) is 18.2 Å². The third kappa shape index (κ3) is 5.56. The van der Waals surface area contributed by atoms with Gasteiger partial charge in [0.15, 0.2) is 0 Å². The molecular weight excluding hydrogens is 346 g/mol. The normalized spacial score (nSPS) is 10.9. The highest BCUT2D eigenvalue weighted by molar-refractivity contribution is 5.32. The van der Waals surface area contributed by atoms with Crippen LogP contribution in [0.5, 0.6) is 0 Å². The van der Waals surface area contributed by atoms with Crippen LogP contribution in [0, 0.1) is 18.3 Å². The van der Waals surface area contributed by atoms with Gasteiger partial charge in [0, 0.05) is 45.2 Å². The van der Waals surface area contributed by atoms with Crippen molar-refractivity contribution in [1.82, 2.24) is 9.47 Å². The molecule has 2 aromatic carbocycles. The second kappa shape index (κ2) is 9.89. The zero-order chi connectivity index (χ0) is 19.8. The van der Waals surface area contributed by atoms with Gasteiger partial charge in [-0.3, -0.25) is 4.90 Å². The summed E-state index contributed by atoms with van der Waals surface area (Å²) in [6, 6.07) is 23.0. The molecule has 3 aromatic rings. The van der Waals surface area contributed by atoms with E-state index in [1.54, 1.807) is 7.11 Å². The van der Waals surface area contributed by atoms with Crippen LogP contribution in [-0.4, -0.2) is 29.7 Å². The van der Waals surface area contributed by atoms with Crippen LogP contribution in [0.25, 0.3) is 0 Å². The minimum absolute atomic E-state index is 0.677. The summed E-state index contributed by atoms with van der Waals surface area (Å²) in [6.45, 7) is 6.11. The van der Waals surface area contributed by atoms with Crippen LogP contribution >= 0.6 is 0 Å². The minimum Gasteiger partial charge on any atom is -0.383 e. The molecule has 0 aliphatic heterocycles. The van der Waals surface area contributed by atoms with E-state index in [4.69, 9.17) is 10.00 Å². The summed E-state index contributed by atoms with van der Waals surface area (Å²) in [7, 11) is 1.73. The van der Waals surface area contributed by atoms with Crippen LogP contribution < -0.4 is 0 Å². The molecule has 28 heavy (non-hydrogen) atoms. The van der Waals surface area contributed by atoms with Crippen LogP contribution in [0.15, 0.2) is 66.9 Å². The van der Waals surface area contributed by atoms with Crippen molar-refractivity contribution in [2.24, 2.45) is 0 Å². The van der Waals surface area contributed by atoms with E-state index in [0.29, 0.717) is 12.2 Å². The van der Waals surface area contributed by atoms with Crippen LogP contribution in [0.1, 0.15) is 27.9 Å². The average molecular weight is 374 g/mol. The van der Waals surface area contributed by atoms with Gasteiger partial charge in [0.2, 0.25) is 0 Å². The number of hydrogen-bond acceptors (Lipinski definition) is 3. The summed E-state index contributed by atoms with van der Waals surface area (Å²) < 4.78 is 7.61. The molecule has 0 amide bonds. The number of nitrogens with zero attached hydrogens (tertiary/aromatic N) is 3. The Labute approximate surface area is 167 Å². The molecule has 1 aromatic heterocycles. The number of aryl methyl sites for hydroxylation is 1. The molecule has 0 fully saturated rings. The van der Waals surface area contributed by atoms with Gasteiger partial charge in [-0.2, -0.15) is 5.26 Å². The first kappa shape index (κ1) is 19.9. The highest BCUT2D eigenvalue weighted by Crippen LogP contribution is 2.14. The van der Waals surface area contributed by atoms with Gasteiger partial charge in [-0.1, -0.05) is 42.0 Å². The van der Waals surface area contributed by atoms with E-state index in [1.807, 2.05) is 18.2 Å². The summed E-state index contributed by atoms with van der Waals surface area (Å²) in [5.41, 5.74) is 5.70. The lowest BCUT2D eigenvalue weighted by Gasteiger charge is -2.23. The Kier molecular flexibility index (Phi) is 7.02. The molecule has 0 atom stereocenters. The van der Waals surface area contributed by atoms with Crippen molar-refractivity contribution in [3.05, 3.63) is 94.8 Å². The van der Waals surface area contributed by atoms with Crippen molar-refractivity contribution < 1.29 is 4.74 Å². The van der Waals surface area contributed by atoms with Crippen molar-refractivity contribution in [3.63, 3.8) is 0 Å². The molecule has 0 unspecified atom stereocenters. The predicted octanol–water partition coefficient (Wildman–Crippen LogP) is 4.37. The minimum atomic E-state index is 0.677. The standard InChI is InChI=1S/C24H27N3O/c1-20-8-10-21(11-9-20)18-27-12-4-7-24(27)19-26(13-14-28-2)17-23-6-3-5-22(15-23)16-25/h3-12,15H,13-14,17-19H2,1-2H3. The topological polar surface area (TPSA) is 41.2 Å². The van der Waals surface area contributed by atoms with Gasteiger partial charge in [-0.15, -0.1) is 0 Å². The van der Waals surface area contributed by atoms with Crippen molar-refractivity contribution in [3.8, 4) is 6.07 Å². The van der Waals surface area contributed by atoms with Gasteiger partial charge < -0.3 is 9.30 Å². The largest absolute Gasteiger partial charge is 0.383 e. The molecule has 0 saturated heterocycles. The SMILES string of the molecule is COCCN(Cc1cccc(C#N)c1)Cc1cccn1Cc1ccc(C)cc1. The average Bonchev–Trinajstić information content (AvgIpc) is 3.14. The molecule has 0 spiro atoms. The summed E-state index contributed by atoms with van der Waals surface area (Å²) in [4.78, 5) is 2.36. The highest BCUT2D eigenvalue weighted by atomic mass is 16.5. The zero-order valence-electron chi connectivity index (χ0n) is 16.6. The van der Waals surface area contributed by atoms with Gasteiger partial charge in [0.1, 0.15) is 0 Å². The first-order valence-corrected chi connectivity index (χ1v) is 9.58. The first-order valence-electron chi connectivity index (χ1n) is 9.58. The lowest BCUT2D eigenvalue weighted by molar-refractivity contribution is 0.138. The number of nitriles is 1. The molecule has 0 bridgehead atoms. The molecule has 1 heterocycles. The zero-order valence-corrected chi connectivity index (χ0v) is 16.6. The molecule has 0 aliphatic rings. The fraction of sp³-hybridized carbons (Fsp3) is 0.292. The van der Waals surface area contributed by atoms with Crippen LogP contribution in [0.2, 0.25) is 0 Å². The number of hydrogen-bond donors (Lipinski definition) is 0. The fourth-order valence-corrected chi connectivity index (χ4v) is 3.30. The maximum atomic E-state index is 9.15. The lowest BCUT2D eigenvalue weighted by Crippen LogP contribution is -2.27. The van der Waals surface area contributed by atoms with E-state index >= 15 is 0 Å². The predicted molar refractivity (Wildman–Crippen MR) is 112 cm³/mol. The molecule has 4 heteroatoms. The molecule has 4 nitrogen and oxygen atoms in total. The molecule has 3 rings (SSSR count). The van der Waals surface area contributed by atoms with Crippen molar-refractivity contribution in [1.29, 1.82) is 5.26 Å². The first-order chi connectivity index (χ1) is 13.7. The van der Waals surface area contributed by atoms with Gasteiger partial charge in [0.25, 0.3) is 0 Å². The van der Waals surface area contributed by atoms with E-state index in [-0.39, 0.29) is 0 Å². The number of rotatable bonds is 9. The van der Waals surface area contributed by atoms with Gasteiger partial charge in [-0.05, 0) is 42.3 Å². The maximum Gasteiger partial charge on any atom is 0.0991 e. The van der Waals surface area contributed by atoms with Crippen LogP contribution in [0.4, 0.5) is 0 Å². The number of benzene rings is 2. The Hall–Kier alpha value is -2.87. The van der Waals surface area contributed by atoms with Crippen LogP contribution in [0.3, 0.4) is 0 Å². The molecule has 0 aliphatic carbocycles. The van der Waals surface area contributed by atoms with E-state index in [2.05, 4.69) is 71.1 Å². The Balaban J connectivity index is 1.73. The van der Waals surface area contributed by atoms with E-state index in [1.165, 1.54) is 16.8 Å². The Morgan fingerprint density at radius 1 is 1.00 bits per heavy atom. The third-order valence-corrected chi connectivity index (χ3v) is 4.86. The number of methoxy groups -OCH3 is 1.